The van der Waals surface area contributed by atoms with Gasteiger partial charge in [0, 0.05) is 12.1 Å². The second kappa shape index (κ2) is 10.7. The third-order valence-electron chi connectivity index (χ3n) is 5.36. The molecule has 0 spiro atoms. The van der Waals surface area contributed by atoms with E-state index in [4.69, 9.17) is 9.84 Å². The molecule has 1 aliphatic heterocycles. The summed E-state index contributed by atoms with van der Waals surface area (Å²) >= 11 is 1.17. The molecule has 1 aromatic heterocycles. The van der Waals surface area contributed by atoms with E-state index in [1.165, 1.54) is 11.3 Å². The van der Waals surface area contributed by atoms with Crippen molar-refractivity contribution in [1.29, 1.82) is 0 Å². The first-order chi connectivity index (χ1) is 14.5. The number of aromatic carboxylic acids is 1. The maximum Gasteiger partial charge on any atom is 0.345 e. The lowest BCUT2D eigenvalue weighted by Crippen LogP contribution is -2.36. The lowest BCUT2D eigenvalue weighted by atomic mass is 10.0. The quantitative estimate of drug-likeness (QED) is 0.458. The lowest BCUT2D eigenvalue weighted by Gasteiger charge is -2.25. The van der Waals surface area contributed by atoms with E-state index >= 15 is 0 Å². The third kappa shape index (κ3) is 5.67. The fourth-order valence-electron chi connectivity index (χ4n) is 3.72. The molecule has 0 aliphatic carbocycles. The number of carboxylic acid groups (broad SMARTS) is 1. The predicted molar refractivity (Wildman–Crippen MR) is 116 cm³/mol. The van der Waals surface area contributed by atoms with Gasteiger partial charge in [0.25, 0.3) is 0 Å². The van der Waals surface area contributed by atoms with Crippen LogP contribution in [0.15, 0.2) is 35.7 Å². The van der Waals surface area contributed by atoms with Gasteiger partial charge < -0.3 is 14.7 Å². The molecule has 1 aromatic carbocycles. The van der Waals surface area contributed by atoms with Crippen LogP contribution in [0, 0.1) is 0 Å². The number of thiophene rings is 1. The van der Waals surface area contributed by atoms with Gasteiger partial charge in [-0.05, 0) is 47.5 Å². The van der Waals surface area contributed by atoms with Gasteiger partial charge in [0.1, 0.15) is 11.0 Å². The number of carbonyl (C=O) groups excluding carboxylic acids is 1. The van der Waals surface area contributed by atoms with Crippen molar-refractivity contribution in [1.82, 2.24) is 0 Å². The van der Waals surface area contributed by atoms with Gasteiger partial charge >= 0.3 is 5.97 Å². The summed E-state index contributed by atoms with van der Waals surface area (Å²) in [6.07, 6.45) is 3.69. The highest BCUT2D eigenvalue weighted by Gasteiger charge is 2.32. The molecule has 0 saturated carbocycles. The zero-order valence-corrected chi connectivity index (χ0v) is 18.0. The molecule has 1 amide bonds. The topological polar surface area (TPSA) is 66.8 Å². The number of hydrogen-bond acceptors (Lipinski definition) is 4. The molecule has 3 rings (SSSR count). The van der Waals surface area contributed by atoms with Gasteiger partial charge in [0.2, 0.25) is 5.91 Å². The Morgan fingerprint density at radius 1 is 1.33 bits per heavy atom. The molecule has 2 heterocycles. The highest BCUT2D eigenvalue weighted by Crippen LogP contribution is 2.30. The Hall–Kier alpha value is -2.25. The molecule has 30 heavy (non-hydrogen) atoms. The predicted octanol–water partition coefficient (Wildman–Crippen LogP) is 5.75. The number of benzene rings is 1. The molecule has 7 heteroatoms. The molecular formula is C23H28FNO4S. The maximum absolute atomic E-state index is 14.4. The summed E-state index contributed by atoms with van der Waals surface area (Å²) in [4.78, 5) is 25.4. The molecule has 1 saturated heterocycles. The molecular weight excluding hydrogens is 405 g/mol. The molecule has 0 bridgehead atoms. The Morgan fingerprint density at radius 3 is 2.77 bits per heavy atom. The average Bonchev–Trinajstić information content (AvgIpc) is 3.35. The first-order valence-electron chi connectivity index (χ1n) is 10.4. The Balaban J connectivity index is 1.56. The molecule has 1 N–H and O–H groups in total. The van der Waals surface area contributed by atoms with Gasteiger partial charge in [-0.25, -0.2) is 9.18 Å². The van der Waals surface area contributed by atoms with Crippen molar-refractivity contribution in [2.24, 2.45) is 0 Å². The van der Waals surface area contributed by atoms with E-state index in [1.54, 1.807) is 28.5 Å². The van der Waals surface area contributed by atoms with E-state index in [-0.39, 0.29) is 16.8 Å². The molecule has 5 nitrogen and oxygen atoms in total. The van der Waals surface area contributed by atoms with Crippen molar-refractivity contribution in [3.8, 4) is 0 Å². The van der Waals surface area contributed by atoms with Crippen molar-refractivity contribution < 1.29 is 23.8 Å². The fourth-order valence-corrected chi connectivity index (χ4v) is 4.45. The summed E-state index contributed by atoms with van der Waals surface area (Å²) in [7, 11) is 0. The monoisotopic (exact) mass is 433 g/mol. The van der Waals surface area contributed by atoms with Gasteiger partial charge in [0.15, 0.2) is 0 Å². The Bertz CT molecular complexity index is 851. The van der Waals surface area contributed by atoms with Crippen molar-refractivity contribution in [3.63, 3.8) is 0 Å². The van der Waals surface area contributed by atoms with Gasteiger partial charge in [-0.1, -0.05) is 38.3 Å². The van der Waals surface area contributed by atoms with Crippen LogP contribution in [0.1, 0.15) is 72.4 Å². The summed E-state index contributed by atoms with van der Waals surface area (Å²) in [6, 6.07) is 8.71. The van der Waals surface area contributed by atoms with Crippen LogP contribution in [0.4, 0.5) is 10.1 Å². The summed E-state index contributed by atoms with van der Waals surface area (Å²) in [6.45, 7) is 2.78. The van der Waals surface area contributed by atoms with Crippen LogP contribution < -0.4 is 4.90 Å². The standard InChI is InChI=1S/C23H28FNO4S/c1-2-3-4-5-20(24)17-6-8-18(9-7-17)25-19(10-11-22(25)26)14-29-13-16-12-21(23(27)28)30-15-16/h6-9,12,15,19-20H,2-5,10-11,13-14H2,1H3,(H,27,28)/t19-,20?/m1/s1. The molecule has 2 aromatic rings. The summed E-state index contributed by atoms with van der Waals surface area (Å²) in [5.74, 6) is -0.900. The number of rotatable bonds is 11. The number of alkyl halides is 1. The number of ether oxygens (including phenoxy) is 1. The summed E-state index contributed by atoms with van der Waals surface area (Å²) in [5.41, 5.74) is 2.23. The van der Waals surface area contributed by atoms with Crippen LogP contribution in [0.2, 0.25) is 0 Å². The van der Waals surface area contributed by atoms with Gasteiger partial charge in [-0.3, -0.25) is 4.79 Å². The van der Waals surface area contributed by atoms with Gasteiger partial charge in [0.05, 0.1) is 19.3 Å². The first-order valence-corrected chi connectivity index (χ1v) is 11.3. The number of carbonyl (C=O) groups is 2. The molecule has 0 radical (unpaired) electrons. The average molecular weight is 434 g/mol. The zero-order chi connectivity index (χ0) is 21.5. The number of carboxylic acids is 1. The first kappa shape index (κ1) is 22.4. The van der Waals surface area contributed by atoms with Gasteiger partial charge in [-0.2, -0.15) is 0 Å². The minimum absolute atomic E-state index is 0.0415. The molecule has 1 aliphatic rings. The van der Waals surface area contributed by atoms with Gasteiger partial charge in [-0.15, -0.1) is 11.3 Å². The SMILES string of the molecule is CCCCCC(F)c1ccc(N2C(=O)CC[C@@H]2COCc2csc(C(=O)O)c2)cc1. The van der Waals surface area contributed by atoms with Crippen LogP contribution in [-0.4, -0.2) is 29.6 Å². The van der Waals surface area contributed by atoms with Crippen LogP contribution in [0.3, 0.4) is 0 Å². The van der Waals surface area contributed by atoms with Crippen molar-refractivity contribution in [2.75, 3.05) is 11.5 Å². The largest absolute Gasteiger partial charge is 0.477 e. The smallest absolute Gasteiger partial charge is 0.345 e. The number of halogens is 1. The lowest BCUT2D eigenvalue weighted by molar-refractivity contribution is -0.117. The Labute approximate surface area is 180 Å². The zero-order valence-electron chi connectivity index (χ0n) is 17.2. The van der Waals surface area contributed by atoms with E-state index in [0.29, 0.717) is 38.0 Å². The highest BCUT2D eigenvalue weighted by molar-refractivity contribution is 7.12. The van der Waals surface area contributed by atoms with E-state index in [2.05, 4.69) is 6.92 Å². The maximum atomic E-state index is 14.4. The Morgan fingerprint density at radius 2 is 2.10 bits per heavy atom. The summed E-state index contributed by atoms with van der Waals surface area (Å²) < 4.78 is 20.1. The second-order valence-electron chi connectivity index (χ2n) is 7.65. The summed E-state index contributed by atoms with van der Waals surface area (Å²) in [5, 5.41) is 10.8. The van der Waals surface area contributed by atoms with E-state index in [9.17, 15) is 14.0 Å². The number of unbranched alkanes of at least 4 members (excludes halogenated alkanes) is 2. The van der Waals surface area contributed by atoms with Crippen LogP contribution in [0.25, 0.3) is 0 Å². The minimum atomic E-state index is -0.972. The van der Waals surface area contributed by atoms with Crippen LogP contribution in [-0.2, 0) is 16.1 Å². The number of amides is 1. The Kier molecular flexibility index (Phi) is 7.99. The van der Waals surface area contributed by atoms with Crippen LogP contribution in [0.5, 0.6) is 0 Å². The normalized spacial score (nSPS) is 17.5. The van der Waals surface area contributed by atoms with Crippen molar-refractivity contribution in [2.45, 2.75) is 64.3 Å². The van der Waals surface area contributed by atoms with E-state index < -0.39 is 12.1 Å². The molecule has 1 unspecified atom stereocenters. The second-order valence-corrected chi connectivity index (χ2v) is 8.56. The fraction of sp³-hybridized carbons (Fsp3) is 0.478. The number of anilines is 1. The van der Waals surface area contributed by atoms with Crippen LogP contribution >= 0.6 is 11.3 Å². The number of nitrogens with zero attached hydrogens (tertiary/aromatic N) is 1. The molecule has 1 fully saturated rings. The van der Waals surface area contributed by atoms with Crippen molar-refractivity contribution in [3.05, 3.63) is 51.7 Å². The van der Waals surface area contributed by atoms with E-state index in [0.717, 1.165) is 30.5 Å². The minimum Gasteiger partial charge on any atom is -0.477 e. The number of hydrogen-bond donors (Lipinski definition) is 1. The third-order valence-corrected chi connectivity index (χ3v) is 6.33. The van der Waals surface area contributed by atoms with E-state index in [1.807, 2.05) is 12.1 Å². The van der Waals surface area contributed by atoms with Crippen molar-refractivity contribution >= 4 is 28.9 Å². The molecule has 2 atom stereocenters. The molecule has 162 valence electrons. The highest BCUT2D eigenvalue weighted by atomic mass is 32.1.